The van der Waals surface area contributed by atoms with Crippen molar-refractivity contribution in [2.24, 2.45) is 0 Å². The summed E-state index contributed by atoms with van der Waals surface area (Å²) in [6.07, 6.45) is 3.57. The molecule has 0 aliphatic heterocycles. The third-order valence-corrected chi connectivity index (χ3v) is 2.06. The molecule has 7 heteroatoms. The molecule has 0 aromatic carbocycles. The smallest absolute Gasteiger partial charge is 1.00 e. The molecular formula is C6H18Na2O4S. The quantitative estimate of drug-likeness (QED) is 0.292. The topological polar surface area (TPSA) is 85.9 Å². The molecule has 0 fully saturated rings. The third-order valence-electron chi connectivity index (χ3n) is 1.26. The van der Waals surface area contributed by atoms with E-state index in [1.807, 2.05) is 6.92 Å². The SMILES string of the molecule is CCCCCCS(=O)(=O)O.O.[H-].[H-].[Na+].[Na+]. The van der Waals surface area contributed by atoms with E-state index in [0.717, 1.165) is 19.3 Å². The number of unbranched alkanes of at least 4 members (excludes halogenated alkanes) is 3. The standard InChI is InChI=1S/C6H14O3S.2Na.H2O.2H/c1-2-3-4-5-6-10(7,8)9;;;;;/h2-6H2,1H3,(H,7,8,9);;;1H2;;/q;2*+1;;2*-1. The molecule has 0 aromatic heterocycles. The number of hydrogen-bond acceptors (Lipinski definition) is 2. The van der Waals surface area contributed by atoms with E-state index < -0.39 is 10.1 Å². The van der Waals surface area contributed by atoms with E-state index in [0.29, 0.717) is 6.42 Å². The molecule has 0 aliphatic rings. The van der Waals surface area contributed by atoms with Crippen LogP contribution < -0.4 is 59.1 Å². The van der Waals surface area contributed by atoms with Crippen LogP contribution in [0.4, 0.5) is 0 Å². The van der Waals surface area contributed by atoms with Crippen LogP contribution in [0.15, 0.2) is 0 Å². The van der Waals surface area contributed by atoms with Gasteiger partial charge in [0.15, 0.2) is 0 Å². The summed E-state index contributed by atoms with van der Waals surface area (Å²) in [4.78, 5) is 0. The van der Waals surface area contributed by atoms with Gasteiger partial charge in [-0.15, -0.1) is 0 Å². The molecule has 0 saturated carbocycles. The molecule has 0 spiro atoms. The van der Waals surface area contributed by atoms with Gasteiger partial charge in [-0.2, -0.15) is 8.42 Å². The van der Waals surface area contributed by atoms with Gasteiger partial charge in [-0.25, -0.2) is 0 Å². The molecule has 0 aromatic rings. The van der Waals surface area contributed by atoms with Gasteiger partial charge in [0.05, 0.1) is 5.75 Å². The first-order valence-corrected chi connectivity index (χ1v) is 5.12. The van der Waals surface area contributed by atoms with Crippen molar-refractivity contribution in [2.45, 2.75) is 32.6 Å². The molecule has 0 amide bonds. The molecular weight excluding hydrogens is 214 g/mol. The van der Waals surface area contributed by atoms with E-state index in [4.69, 9.17) is 4.55 Å². The zero-order valence-electron chi connectivity index (χ0n) is 10.7. The molecule has 0 aliphatic carbocycles. The molecule has 0 radical (unpaired) electrons. The maximum Gasteiger partial charge on any atom is 1.00 e. The summed E-state index contributed by atoms with van der Waals surface area (Å²) in [5.74, 6) is -0.0903. The van der Waals surface area contributed by atoms with Gasteiger partial charge in [0, 0.05) is 0 Å². The van der Waals surface area contributed by atoms with Gasteiger partial charge in [-0.3, -0.25) is 4.55 Å². The Kier molecular flexibility index (Phi) is 25.8. The fourth-order valence-electron chi connectivity index (χ4n) is 0.711. The van der Waals surface area contributed by atoms with Crippen molar-refractivity contribution in [3.63, 3.8) is 0 Å². The van der Waals surface area contributed by atoms with Gasteiger partial charge in [0.1, 0.15) is 0 Å². The van der Waals surface area contributed by atoms with Gasteiger partial charge in [-0.1, -0.05) is 26.2 Å². The minimum Gasteiger partial charge on any atom is -1.00 e. The van der Waals surface area contributed by atoms with Crippen LogP contribution in [0.3, 0.4) is 0 Å². The third kappa shape index (κ3) is 24.8. The van der Waals surface area contributed by atoms with Gasteiger partial charge in [0.25, 0.3) is 10.1 Å². The Morgan fingerprint density at radius 1 is 1.15 bits per heavy atom. The summed E-state index contributed by atoms with van der Waals surface area (Å²) in [6.45, 7) is 2.05. The number of rotatable bonds is 5. The molecule has 0 atom stereocenters. The summed E-state index contributed by atoms with van der Waals surface area (Å²) in [6, 6.07) is 0. The van der Waals surface area contributed by atoms with Crippen LogP contribution in [0, 0.1) is 0 Å². The minimum atomic E-state index is -3.70. The van der Waals surface area contributed by atoms with Crippen LogP contribution in [0.2, 0.25) is 0 Å². The molecule has 0 saturated heterocycles. The van der Waals surface area contributed by atoms with Crippen LogP contribution in [0.5, 0.6) is 0 Å². The molecule has 0 unspecified atom stereocenters. The normalized spacial score (nSPS) is 9.08. The van der Waals surface area contributed by atoms with Crippen molar-refractivity contribution in [1.29, 1.82) is 0 Å². The van der Waals surface area contributed by atoms with Crippen molar-refractivity contribution < 1.29 is 80.4 Å². The number of hydrogen-bond donors (Lipinski definition) is 1. The van der Waals surface area contributed by atoms with E-state index in [2.05, 4.69) is 0 Å². The Balaban J connectivity index is -0.0000000405. The molecule has 13 heavy (non-hydrogen) atoms. The average Bonchev–Trinajstić information content (AvgIpc) is 1.78. The molecule has 0 rings (SSSR count). The Labute approximate surface area is 127 Å². The first-order chi connectivity index (χ1) is 4.56. The summed E-state index contributed by atoms with van der Waals surface area (Å²) < 4.78 is 28.6. The Morgan fingerprint density at radius 3 is 1.92 bits per heavy atom. The molecule has 4 nitrogen and oxygen atoms in total. The summed E-state index contributed by atoms with van der Waals surface area (Å²) in [7, 11) is -3.70. The minimum absolute atomic E-state index is 0. The Hall–Kier alpha value is 1.87. The maximum absolute atomic E-state index is 10.1. The molecule has 3 N–H and O–H groups in total. The van der Waals surface area contributed by atoms with Gasteiger partial charge in [0.2, 0.25) is 0 Å². The zero-order valence-corrected chi connectivity index (χ0v) is 13.5. The average molecular weight is 232 g/mol. The predicted molar refractivity (Wildman–Crippen MR) is 46.4 cm³/mol. The second-order valence-electron chi connectivity index (χ2n) is 2.35. The van der Waals surface area contributed by atoms with Crippen molar-refractivity contribution >= 4 is 10.1 Å². The first-order valence-electron chi connectivity index (χ1n) is 3.51. The molecule has 74 valence electrons. The van der Waals surface area contributed by atoms with Gasteiger partial charge >= 0.3 is 59.1 Å². The van der Waals surface area contributed by atoms with Crippen LogP contribution in [-0.4, -0.2) is 24.2 Å². The largest absolute Gasteiger partial charge is 1.00 e. The van der Waals surface area contributed by atoms with Gasteiger partial charge < -0.3 is 8.33 Å². The first kappa shape index (κ1) is 24.2. The van der Waals surface area contributed by atoms with Gasteiger partial charge in [-0.05, 0) is 6.42 Å². The fraction of sp³-hybridized carbons (Fsp3) is 1.00. The summed E-state index contributed by atoms with van der Waals surface area (Å²) in [5, 5.41) is 0. The Bertz CT molecular complexity index is 178. The summed E-state index contributed by atoms with van der Waals surface area (Å²) >= 11 is 0. The van der Waals surface area contributed by atoms with E-state index in [1.165, 1.54) is 0 Å². The monoisotopic (exact) mass is 232 g/mol. The predicted octanol–water partition coefficient (Wildman–Crippen LogP) is -5.14. The van der Waals surface area contributed by atoms with Crippen molar-refractivity contribution in [3.8, 4) is 0 Å². The Morgan fingerprint density at radius 2 is 1.62 bits per heavy atom. The van der Waals surface area contributed by atoms with Crippen LogP contribution in [0.1, 0.15) is 35.5 Å². The zero-order chi connectivity index (χ0) is 8.04. The second-order valence-corrected chi connectivity index (χ2v) is 3.92. The summed E-state index contributed by atoms with van der Waals surface area (Å²) in [5.41, 5.74) is 0. The van der Waals surface area contributed by atoms with Crippen LogP contribution in [0.25, 0.3) is 0 Å². The van der Waals surface area contributed by atoms with Crippen molar-refractivity contribution in [3.05, 3.63) is 0 Å². The maximum atomic E-state index is 10.1. The fourth-order valence-corrected chi connectivity index (χ4v) is 1.28. The molecule has 0 bridgehead atoms. The van der Waals surface area contributed by atoms with Crippen molar-refractivity contribution in [1.82, 2.24) is 0 Å². The molecule has 0 heterocycles. The van der Waals surface area contributed by atoms with E-state index in [1.54, 1.807) is 0 Å². The van der Waals surface area contributed by atoms with E-state index >= 15 is 0 Å². The van der Waals surface area contributed by atoms with Crippen LogP contribution in [-0.2, 0) is 10.1 Å². The van der Waals surface area contributed by atoms with Crippen molar-refractivity contribution in [2.75, 3.05) is 5.75 Å². The van der Waals surface area contributed by atoms with E-state index in [9.17, 15) is 8.42 Å². The van der Waals surface area contributed by atoms with Crippen LogP contribution >= 0.6 is 0 Å². The second kappa shape index (κ2) is 13.9. The van der Waals surface area contributed by atoms with E-state index in [-0.39, 0.29) is 73.2 Å².